The summed E-state index contributed by atoms with van der Waals surface area (Å²) < 4.78 is 32.4. The second-order valence-corrected chi connectivity index (χ2v) is 5.74. The number of sulfone groups is 1. The highest BCUT2D eigenvalue weighted by atomic mass is 32.2. The number of nitrogen functional groups attached to an aromatic ring is 1. The van der Waals surface area contributed by atoms with Crippen molar-refractivity contribution in [2.24, 2.45) is 0 Å². The zero-order valence-corrected chi connectivity index (χ0v) is 10.8. The van der Waals surface area contributed by atoms with E-state index in [2.05, 4.69) is 4.74 Å². The molecule has 6 nitrogen and oxygen atoms in total. The molecule has 7 heteroatoms. The predicted octanol–water partition coefficient (Wildman–Crippen LogP) is 0.235. The molecule has 0 unspecified atom stereocenters. The molecule has 2 N–H and O–H groups in total. The highest BCUT2D eigenvalue weighted by Crippen LogP contribution is 2.19. The van der Waals surface area contributed by atoms with Crippen LogP contribution in [0.25, 0.3) is 0 Å². The van der Waals surface area contributed by atoms with Crippen LogP contribution in [0.2, 0.25) is 0 Å². The molecule has 0 aliphatic carbocycles. The number of hydrogen-bond acceptors (Lipinski definition) is 6. The summed E-state index contributed by atoms with van der Waals surface area (Å²) in [5.41, 5.74) is 6.06. The van der Waals surface area contributed by atoms with E-state index in [9.17, 15) is 13.2 Å². The third-order valence-corrected chi connectivity index (χ3v) is 3.60. The molecular formula is C11H15NO5S. The normalized spacial score (nSPS) is 10.9. The summed E-state index contributed by atoms with van der Waals surface area (Å²) >= 11 is 0. The van der Waals surface area contributed by atoms with Gasteiger partial charge in [-0.3, -0.25) is 4.79 Å². The van der Waals surface area contributed by atoms with Crippen LogP contribution in [-0.4, -0.2) is 39.6 Å². The number of ether oxygens (including phenoxy) is 2. The Morgan fingerprint density at radius 1 is 1.33 bits per heavy atom. The van der Waals surface area contributed by atoms with Crippen LogP contribution in [0.1, 0.15) is 0 Å². The molecule has 0 saturated carbocycles. The molecule has 0 bridgehead atoms. The Labute approximate surface area is 106 Å². The second kappa shape index (κ2) is 6.25. The van der Waals surface area contributed by atoms with E-state index in [0.29, 0.717) is 11.4 Å². The average Bonchev–Trinajstić information content (AvgIpc) is 2.30. The van der Waals surface area contributed by atoms with Crippen LogP contribution in [0.15, 0.2) is 24.3 Å². The third kappa shape index (κ3) is 4.62. The molecule has 0 amide bonds. The Kier molecular flexibility index (Phi) is 4.96. The van der Waals surface area contributed by atoms with E-state index < -0.39 is 21.6 Å². The summed E-state index contributed by atoms with van der Waals surface area (Å²) in [6.07, 6.45) is 0. The fourth-order valence-corrected chi connectivity index (χ4v) is 2.16. The zero-order valence-electron chi connectivity index (χ0n) is 9.96. The molecule has 0 fully saturated rings. The van der Waals surface area contributed by atoms with Crippen molar-refractivity contribution in [3.05, 3.63) is 24.3 Å². The first kappa shape index (κ1) is 14.3. The van der Waals surface area contributed by atoms with Crippen LogP contribution in [0, 0.1) is 0 Å². The number of carbonyl (C=O) groups is 1. The lowest BCUT2D eigenvalue weighted by molar-refractivity contribution is -0.137. The lowest BCUT2D eigenvalue weighted by Crippen LogP contribution is -2.23. The lowest BCUT2D eigenvalue weighted by atomic mass is 10.3. The number of nitrogens with two attached hydrogens (primary N) is 1. The van der Waals surface area contributed by atoms with E-state index >= 15 is 0 Å². The molecule has 1 aromatic carbocycles. The molecule has 0 radical (unpaired) electrons. The Morgan fingerprint density at radius 3 is 2.61 bits per heavy atom. The monoisotopic (exact) mass is 273 g/mol. The van der Waals surface area contributed by atoms with Gasteiger partial charge in [0, 0.05) is 0 Å². The minimum Gasteiger partial charge on any atom is -0.490 e. The number of esters is 1. The van der Waals surface area contributed by atoms with Crippen molar-refractivity contribution in [1.82, 2.24) is 0 Å². The highest BCUT2D eigenvalue weighted by Gasteiger charge is 2.17. The summed E-state index contributed by atoms with van der Waals surface area (Å²) in [5, 5.41) is 0. The van der Waals surface area contributed by atoms with E-state index in [-0.39, 0.29) is 12.4 Å². The maximum atomic E-state index is 11.5. The number of para-hydroxylation sites is 2. The molecule has 0 spiro atoms. The number of carbonyl (C=O) groups excluding carboxylic acids is 1. The maximum Gasteiger partial charge on any atom is 0.320 e. The molecule has 100 valence electrons. The first-order valence-electron chi connectivity index (χ1n) is 5.19. The van der Waals surface area contributed by atoms with Gasteiger partial charge in [0.05, 0.1) is 18.6 Å². The van der Waals surface area contributed by atoms with E-state index in [0.717, 1.165) is 7.11 Å². The van der Waals surface area contributed by atoms with E-state index in [1.807, 2.05) is 0 Å². The molecular weight excluding hydrogens is 258 g/mol. The van der Waals surface area contributed by atoms with E-state index in [1.165, 1.54) is 0 Å². The summed E-state index contributed by atoms with van der Waals surface area (Å²) in [6.45, 7) is -0.0620. The average molecular weight is 273 g/mol. The summed E-state index contributed by atoms with van der Waals surface area (Å²) in [5.74, 6) is -1.27. The highest BCUT2D eigenvalue weighted by molar-refractivity contribution is 7.92. The predicted molar refractivity (Wildman–Crippen MR) is 67.0 cm³/mol. The van der Waals surface area contributed by atoms with Crippen molar-refractivity contribution in [2.45, 2.75) is 0 Å². The van der Waals surface area contributed by atoms with Crippen LogP contribution < -0.4 is 10.5 Å². The molecule has 0 aliphatic heterocycles. The Hall–Kier alpha value is -1.76. The molecule has 0 aliphatic rings. The summed E-state index contributed by atoms with van der Waals surface area (Å²) in [6, 6.07) is 6.77. The van der Waals surface area contributed by atoms with Crippen molar-refractivity contribution in [3.63, 3.8) is 0 Å². The Morgan fingerprint density at radius 2 is 2.00 bits per heavy atom. The Bertz CT molecular complexity index is 512. The van der Waals surface area contributed by atoms with Gasteiger partial charge in [-0.15, -0.1) is 0 Å². The van der Waals surface area contributed by atoms with Crippen molar-refractivity contribution >= 4 is 21.5 Å². The first-order chi connectivity index (χ1) is 8.44. The largest absolute Gasteiger partial charge is 0.490 e. The lowest BCUT2D eigenvalue weighted by Gasteiger charge is -2.08. The van der Waals surface area contributed by atoms with Gasteiger partial charge in [-0.1, -0.05) is 12.1 Å². The van der Waals surface area contributed by atoms with Crippen LogP contribution in [-0.2, 0) is 19.4 Å². The molecule has 1 aromatic rings. The van der Waals surface area contributed by atoms with Crippen molar-refractivity contribution in [3.8, 4) is 5.75 Å². The van der Waals surface area contributed by atoms with E-state index in [1.54, 1.807) is 24.3 Å². The third-order valence-electron chi connectivity index (χ3n) is 2.14. The maximum absolute atomic E-state index is 11.5. The summed E-state index contributed by atoms with van der Waals surface area (Å²) in [7, 11) is -2.38. The molecule has 0 saturated heterocycles. The van der Waals surface area contributed by atoms with Gasteiger partial charge in [-0.05, 0) is 12.1 Å². The van der Waals surface area contributed by atoms with Crippen molar-refractivity contribution in [2.75, 3.05) is 31.0 Å². The van der Waals surface area contributed by atoms with Crippen LogP contribution >= 0.6 is 0 Å². The molecule has 18 heavy (non-hydrogen) atoms. The molecule has 0 atom stereocenters. The van der Waals surface area contributed by atoms with E-state index in [4.69, 9.17) is 10.5 Å². The van der Waals surface area contributed by atoms with Gasteiger partial charge < -0.3 is 15.2 Å². The van der Waals surface area contributed by atoms with Gasteiger partial charge in [0.25, 0.3) is 0 Å². The van der Waals surface area contributed by atoms with Gasteiger partial charge in [0.15, 0.2) is 9.84 Å². The number of benzene rings is 1. The fraction of sp³-hybridized carbons (Fsp3) is 0.364. The molecule has 1 rings (SSSR count). The SMILES string of the molecule is COC(=O)CS(=O)(=O)CCOc1ccccc1N. The number of rotatable bonds is 6. The molecule has 0 aromatic heterocycles. The first-order valence-corrected chi connectivity index (χ1v) is 7.01. The number of methoxy groups -OCH3 is 1. The van der Waals surface area contributed by atoms with Gasteiger partial charge in [0.1, 0.15) is 18.1 Å². The van der Waals surface area contributed by atoms with Gasteiger partial charge >= 0.3 is 5.97 Å². The minimum atomic E-state index is -3.52. The standard InChI is InChI=1S/C11H15NO5S/c1-16-11(13)8-18(14,15)7-6-17-10-5-3-2-4-9(10)12/h2-5H,6-8,12H2,1H3. The Balaban J connectivity index is 2.47. The van der Waals surface area contributed by atoms with Crippen molar-refractivity contribution in [1.29, 1.82) is 0 Å². The zero-order chi connectivity index (χ0) is 13.6. The van der Waals surface area contributed by atoms with Gasteiger partial charge in [-0.25, -0.2) is 8.42 Å². The van der Waals surface area contributed by atoms with Crippen molar-refractivity contribution < 1.29 is 22.7 Å². The number of hydrogen-bond donors (Lipinski definition) is 1. The van der Waals surface area contributed by atoms with Gasteiger partial charge in [-0.2, -0.15) is 0 Å². The second-order valence-electron chi connectivity index (χ2n) is 3.55. The van der Waals surface area contributed by atoms with Crippen LogP contribution in [0.3, 0.4) is 0 Å². The smallest absolute Gasteiger partial charge is 0.320 e. The van der Waals surface area contributed by atoms with Crippen LogP contribution in [0.4, 0.5) is 5.69 Å². The number of anilines is 1. The minimum absolute atomic E-state index is 0.0620. The fourth-order valence-electron chi connectivity index (χ4n) is 1.20. The van der Waals surface area contributed by atoms with Crippen LogP contribution in [0.5, 0.6) is 5.75 Å². The quantitative estimate of drug-likeness (QED) is 0.589. The molecule has 0 heterocycles. The topological polar surface area (TPSA) is 95.7 Å². The summed E-state index contributed by atoms with van der Waals surface area (Å²) in [4.78, 5) is 10.9. The van der Waals surface area contributed by atoms with Gasteiger partial charge in [0.2, 0.25) is 0 Å².